The topological polar surface area (TPSA) is 90.4 Å². The molecular weight excluding hydrogens is 338 g/mol. The van der Waals surface area contributed by atoms with E-state index in [1.807, 2.05) is 24.3 Å². The summed E-state index contributed by atoms with van der Waals surface area (Å²) in [5.74, 6) is 1.20. The summed E-state index contributed by atoms with van der Waals surface area (Å²) in [4.78, 5) is 18.3. The third-order valence-corrected chi connectivity index (χ3v) is 5.04. The number of hydrogen-bond acceptors (Lipinski definition) is 6. The zero-order valence-corrected chi connectivity index (χ0v) is 14.2. The van der Waals surface area contributed by atoms with E-state index in [2.05, 4.69) is 10.3 Å². The van der Waals surface area contributed by atoms with Gasteiger partial charge in [0.05, 0.1) is 31.1 Å². The molecule has 0 bridgehead atoms. The van der Waals surface area contributed by atoms with Crippen LogP contribution in [0.15, 0.2) is 47.1 Å². The normalized spacial score (nSPS) is 11.1. The van der Waals surface area contributed by atoms with Crippen LogP contribution in [-0.2, 0) is 6.54 Å². The molecule has 25 heavy (non-hydrogen) atoms. The number of methoxy groups -OCH3 is 1. The molecule has 0 aliphatic rings. The average molecular weight is 353 g/mol. The molecule has 0 radical (unpaired) electrons. The molecule has 0 atom stereocenters. The third-order valence-electron chi connectivity index (χ3n) is 3.93. The van der Waals surface area contributed by atoms with Crippen molar-refractivity contribution >= 4 is 44.1 Å². The van der Waals surface area contributed by atoms with E-state index in [-0.39, 0.29) is 5.91 Å². The van der Waals surface area contributed by atoms with Crippen LogP contribution in [0.3, 0.4) is 0 Å². The molecule has 126 valence electrons. The predicted octanol–water partition coefficient (Wildman–Crippen LogP) is 3.56. The molecule has 7 heteroatoms. The van der Waals surface area contributed by atoms with Crippen LogP contribution in [0.1, 0.15) is 15.4 Å². The number of carbonyl (C=O) groups excluding carboxylic acids is 1. The number of pyridine rings is 1. The summed E-state index contributed by atoms with van der Waals surface area (Å²) >= 11 is 1.28. The van der Waals surface area contributed by atoms with Crippen molar-refractivity contribution in [3.05, 3.63) is 53.3 Å². The van der Waals surface area contributed by atoms with E-state index in [1.165, 1.54) is 11.3 Å². The number of thiophene rings is 1. The highest BCUT2D eigenvalue weighted by molar-refractivity contribution is 7.21. The number of nitrogens with two attached hydrogens (primary N) is 1. The zero-order chi connectivity index (χ0) is 17.4. The number of amides is 1. The molecule has 4 aromatic rings. The van der Waals surface area contributed by atoms with Crippen LogP contribution < -0.4 is 15.8 Å². The summed E-state index contributed by atoms with van der Waals surface area (Å²) in [5, 5.41) is 4.50. The van der Waals surface area contributed by atoms with E-state index >= 15 is 0 Å². The van der Waals surface area contributed by atoms with Crippen molar-refractivity contribution in [3.8, 4) is 5.75 Å². The second kappa shape index (κ2) is 6.10. The number of rotatable bonds is 4. The summed E-state index contributed by atoms with van der Waals surface area (Å²) < 4.78 is 10.5. The minimum Gasteiger partial charge on any atom is -0.497 e. The largest absolute Gasteiger partial charge is 0.497 e. The first-order chi connectivity index (χ1) is 12.2. The maximum atomic E-state index is 12.5. The number of ether oxygens (including phenoxy) is 1. The lowest BCUT2D eigenvalue weighted by molar-refractivity contribution is 0.0953. The Labute approximate surface area is 147 Å². The molecular formula is C18H15N3O3S. The van der Waals surface area contributed by atoms with Gasteiger partial charge in [0.25, 0.3) is 5.91 Å². The fraction of sp³-hybridized carbons (Fsp3) is 0.111. The molecule has 0 spiro atoms. The number of furan rings is 1. The molecule has 0 fully saturated rings. The van der Waals surface area contributed by atoms with Crippen molar-refractivity contribution in [2.75, 3.05) is 12.8 Å². The van der Waals surface area contributed by atoms with Crippen LogP contribution in [-0.4, -0.2) is 18.0 Å². The van der Waals surface area contributed by atoms with Crippen LogP contribution in [0.4, 0.5) is 5.69 Å². The number of fused-ring (bicyclic) bond motifs is 2. The number of hydrogen-bond donors (Lipinski definition) is 2. The Morgan fingerprint density at radius 3 is 3.00 bits per heavy atom. The zero-order valence-electron chi connectivity index (χ0n) is 13.4. The van der Waals surface area contributed by atoms with E-state index in [4.69, 9.17) is 14.9 Å². The predicted molar refractivity (Wildman–Crippen MR) is 98.0 cm³/mol. The van der Waals surface area contributed by atoms with Crippen LogP contribution in [0.2, 0.25) is 0 Å². The molecule has 1 amide bonds. The van der Waals surface area contributed by atoms with Crippen molar-refractivity contribution in [3.63, 3.8) is 0 Å². The van der Waals surface area contributed by atoms with Crippen LogP contribution >= 0.6 is 11.3 Å². The van der Waals surface area contributed by atoms with Crippen molar-refractivity contribution < 1.29 is 13.9 Å². The number of nitrogens with zero attached hydrogens (tertiary/aromatic N) is 1. The minimum absolute atomic E-state index is 0.237. The van der Waals surface area contributed by atoms with Gasteiger partial charge >= 0.3 is 0 Å². The Balaban J connectivity index is 1.70. The Bertz CT molecular complexity index is 1070. The van der Waals surface area contributed by atoms with Gasteiger partial charge in [0.2, 0.25) is 0 Å². The van der Waals surface area contributed by atoms with Crippen LogP contribution in [0.5, 0.6) is 5.75 Å². The monoisotopic (exact) mass is 353 g/mol. The van der Waals surface area contributed by atoms with Gasteiger partial charge in [-0.15, -0.1) is 11.3 Å². The third kappa shape index (κ3) is 2.78. The Morgan fingerprint density at radius 1 is 1.36 bits per heavy atom. The second-order valence-electron chi connectivity index (χ2n) is 5.51. The summed E-state index contributed by atoms with van der Waals surface area (Å²) in [6.45, 7) is 0.312. The first-order valence-electron chi connectivity index (χ1n) is 7.63. The van der Waals surface area contributed by atoms with Crippen LogP contribution in [0.25, 0.3) is 21.1 Å². The first-order valence-corrected chi connectivity index (χ1v) is 8.44. The summed E-state index contributed by atoms with van der Waals surface area (Å²) in [6.07, 6.45) is 1.57. The second-order valence-corrected chi connectivity index (χ2v) is 6.51. The SMILES string of the molecule is COc1ccc2nc3sc(C(=O)NCc4ccco4)c(N)c3cc2c1. The number of benzene rings is 1. The maximum absolute atomic E-state index is 12.5. The summed E-state index contributed by atoms with van der Waals surface area (Å²) in [7, 11) is 1.62. The Morgan fingerprint density at radius 2 is 2.24 bits per heavy atom. The number of nitrogens with one attached hydrogen (secondary N) is 1. The summed E-state index contributed by atoms with van der Waals surface area (Å²) in [5.41, 5.74) is 7.48. The van der Waals surface area contributed by atoms with Crippen molar-refractivity contribution in [2.24, 2.45) is 0 Å². The van der Waals surface area contributed by atoms with Crippen LogP contribution in [0, 0.1) is 0 Å². The van der Waals surface area contributed by atoms with Gasteiger partial charge in [0.15, 0.2) is 0 Å². The van der Waals surface area contributed by atoms with E-state index in [0.29, 0.717) is 22.9 Å². The van der Waals surface area contributed by atoms with Gasteiger partial charge in [-0.1, -0.05) is 0 Å². The lowest BCUT2D eigenvalue weighted by Crippen LogP contribution is -2.22. The molecule has 1 aromatic carbocycles. The van der Waals surface area contributed by atoms with Gasteiger partial charge in [-0.3, -0.25) is 4.79 Å². The van der Waals surface area contributed by atoms with Gasteiger partial charge in [-0.05, 0) is 36.4 Å². The van der Waals surface area contributed by atoms with E-state index in [1.54, 1.807) is 25.5 Å². The quantitative estimate of drug-likeness (QED) is 0.585. The van der Waals surface area contributed by atoms with Gasteiger partial charge < -0.3 is 20.2 Å². The molecule has 3 heterocycles. The van der Waals surface area contributed by atoms with Crippen molar-refractivity contribution in [1.82, 2.24) is 10.3 Å². The fourth-order valence-corrected chi connectivity index (χ4v) is 3.64. The highest BCUT2D eigenvalue weighted by atomic mass is 32.1. The van der Waals surface area contributed by atoms with Gasteiger partial charge in [0.1, 0.15) is 21.2 Å². The highest BCUT2D eigenvalue weighted by Crippen LogP contribution is 2.35. The highest BCUT2D eigenvalue weighted by Gasteiger charge is 2.18. The molecule has 6 nitrogen and oxygen atoms in total. The van der Waals surface area contributed by atoms with Crippen molar-refractivity contribution in [1.29, 1.82) is 0 Å². The Kier molecular flexibility index (Phi) is 3.77. The number of nitrogen functional groups attached to an aromatic ring is 1. The lowest BCUT2D eigenvalue weighted by Gasteiger charge is -2.03. The maximum Gasteiger partial charge on any atom is 0.263 e. The Hall–Kier alpha value is -3.06. The molecule has 0 saturated carbocycles. The number of anilines is 1. The number of aromatic nitrogens is 1. The molecule has 0 aliphatic carbocycles. The smallest absolute Gasteiger partial charge is 0.263 e. The molecule has 4 rings (SSSR count). The van der Waals surface area contributed by atoms with E-state index in [9.17, 15) is 4.79 Å². The van der Waals surface area contributed by atoms with E-state index < -0.39 is 0 Å². The standard InChI is InChI=1S/C18H15N3O3S/c1-23-11-4-5-14-10(7-11)8-13-15(19)16(25-18(13)21-14)17(22)20-9-12-3-2-6-24-12/h2-8H,9,19H2,1H3,(H,20,22). The fourth-order valence-electron chi connectivity index (χ4n) is 2.64. The molecule has 0 aliphatic heterocycles. The van der Waals surface area contributed by atoms with Gasteiger partial charge in [-0.2, -0.15) is 0 Å². The minimum atomic E-state index is -0.237. The first kappa shape index (κ1) is 15.5. The molecule has 0 saturated heterocycles. The molecule has 3 N–H and O–H groups in total. The van der Waals surface area contributed by atoms with E-state index in [0.717, 1.165) is 26.9 Å². The lowest BCUT2D eigenvalue weighted by atomic mass is 10.1. The van der Waals surface area contributed by atoms with Gasteiger partial charge in [-0.25, -0.2) is 4.98 Å². The van der Waals surface area contributed by atoms with Gasteiger partial charge in [0, 0.05) is 10.8 Å². The molecule has 0 unspecified atom stereocenters. The van der Waals surface area contributed by atoms with Crippen molar-refractivity contribution in [2.45, 2.75) is 6.54 Å². The summed E-state index contributed by atoms with van der Waals surface area (Å²) in [6, 6.07) is 11.2. The number of carbonyl (C=O) groups is 1. The molecule has 3 aromatic heterocycles. The average Bonchev–Trinajstić information content (AvgIpc) is 3.26.